The SMILES string of the molecule is N#Cc1ccc(Nc2cccc(C(=O)O)c2N)cc1C#N. The highest BCUT2D eigenvalue weighted by molar-refractivity contribution is 5.97. The van der Waals surface area contributed by atoms with Crippen LogP contribution in [0.3, 0.4) is 0 Å². The number of carboxylic acids is 1. The molecule has 6 nitrogen and oxygen atoms in total. The van der Waals surface area contributed by atoms with Gasteiger partial charge in [-0.15, -0.1) is 0 Å². The summed E-state index contributed by atoms with van der Waals surface area (Å²) >= 11 is 0. The van der Waals surface area contributed by atoms with Gasteiger partial charge in [0.1, 0.15) is 12.1 Å². The fourth-order valence-corrected chi connectivity index (χ4v) is 1.83. The Labute approximate surface area is 120 Å². The molecule has 0 unspecified atom stereocenters. The number of benzene rings is 2. The van der Waals surface area contributed by atoms with E-state index in [9.17, 15) is 4.79 Å². The molecule has 0 atom stereocenters. The third-order valence-corrected chi connectivity index (χ3v) is 2.88. The van der Waals surface area contributed by atoms with Gasteiger partial charge in [0.05, 0.1) is 28.1 Å². The lowest BCUT2D eigenvalue weighted by atomic mass is 10.1. The first-order valence-electron chi connectivity index (χ1n) is 5.90. The Morgan fingerprint density at radius 2 is 1.86 bits per heavy atom. The lowest BCUT2D eigenvalue weighted by Crippen LogP contribution is -2.05. The number of nitrogen functional groups attached to an aromatic ring is 1. The van der Waals surface area contributed by atoms with E-state index in [4.69, 9.17) is 21.4 Å². The molecule has 0 aromatic heterocycles. The van der Waals surface area contributed by atoms with Crippen molar-refractivity contribution in [2.45, 2.75) is 0 Å². The summed E-state index contributed by atoms with van der Waals surface area (Å²) in [5.41, 5.74) is 7.36. The smallest absolute Gasteiger partial charge is 0.337 e. The Bertz CT molecular complexity index is 800. The molecular weight excluding hydrogens is 268 g/mol. The van der Waals surface area contributed by atoms with Crippen LogP contribution >= 0.6 is 0 Å². The van der Waals surface area contributed by atoms with Crippen LogP contribution in [0.25, 0.3) is 0 Å². The van der Waals surface area contributed by atoms with E-state index in [0.29, 0.717) is 11.4 Å². The number of aromatic carboxylic acids is 1. The molecule has 0 saturated carbocycles. The minimum absolute atomic E-state index is 0.00542. The van der Waals surface area contributed by atoms with E-state index in [-0.39, 0.29) is 22.4 Å². The quantitative estimate of drug-likeness (QED) is 0.741. The summed E-state index contributed by atoms with van der Waals surface area (Å²) in [6.07, 6.45) is 0. The van der Waals surface area contributed by atoms with Crippen molar-refractivity contribution in [3.8, 4) is 12.1 Å². The normalized spacial score (nSPS) is 9.43. The number of nitrogens with one attached hydrogen (secondary N) is 1. The number of para-hydroxylation sites is 1. The second-order valence-corrected chi connectivity index (χ2v) is 4.18. The second-order valence-electron chi connectivity index (χ2n) is 4.18. The van der Waals surface area contributed by atoms with Crippen molar-refractivity contribution in [3.63, 3.8) is 0 Å². The fourth-order valence-electron chi connectivity index (χ4n) is 1.83. The summed E-state index contributed by atoms with van der Waals surface area (Å²) in [6.45, 7) is 0. The number of nitrogens with zero attached hydrogens (tertiary/aromatic N) is 2. The van der Waals surface area contributed by atoms with Crippen molar-refractivity contribution in [2.75, 3.05) is 11.1 Å². The molecular formula is C15H10N4O2. The van der Waals surface area contributed by atoms with Crippen LogP contribution in [0, 0.1) is 22.7 Å². The molecule has 0 bridgehead atoms. The van der Waals surface area contributed by atoms with Crippen molar-refractivity contribution in [2.24, 2.45) is 0 Å². The number of hydrogen-bond donors (Lipinski definition) is 3. The molecule has 0 saturated heterocycles. The van der Waals surface area contributed by atoms with Crippen LogP contribution in [0.5, 0.6) is 0 Å². The number of anilines is 3. The Hall–Kier alpha value is -3.51. The molecule has 0 radical (unpaired) electrons. The van der Waals surface area contributed by atoms with Crippen molar-refractivity contribution in [3.05, 3.63) is 53.1 Å². The molecule has 0 aliphatic heterocycles. The second kappa shape index (κ2) is 5.64. The number of rotatable bonds is 3. The van der Waals surface area contributed by atoms with Gasteiger partial charge in [-0.3, -0.25) is 0 Å². The molecule has 0 aliphatic rings. The van der Waals surface area contributed by atoms with Gasteiger partial charge in [-0.25, -0.2) is 4.79 Å². The minimum Gasteiger partial charge on any atom is -0.478 e. The first kappa shape index (κ1) is 13.9. The lowest BCUT2D eigenvalue weighted by molar-refractivity contribution is 0.0698. The van der Waals surface area contributed by atoms with Crippen LogP contribution in [0.1, 0.15) is 21.5 Å². The Morgan fingerprint density at radius 3 is 2.48 bits per heavy atom. The number of hydrogen-bond acceptors (Lipinski definition) is 5. The number of carbonyl (C=O) groups is 1. The first-order valence-corrected chi connectivity index (χ1v) is 5.90. The van der Waals surface area contributed by atoms with E-state index in [1.54, 1.807) is 18.2 Å². The van der Waals surface area contributed by atoms with E-state index in [1.807, 2.05) is 12.1 Å². The maximum absolute atomic E-state index is 11.0. The van der Waals surface area contributed by atoms with Gasteiger partial charge in [0, 0.05) is 5.69 Å². The zero-order chi connectivity index (χ0) is 15.4. The van der Waals surface area contributed by atoms with Gasteiger partial charge in [0.2, 0.25) is 0 Å². The highest BCUT2D eigenvalue weighted by Crippen LogP contribution is 2.27. The van der Waals surface area contributed by atoms with E-state index in [0.717, 1.165) is 0 Å². The zero-order valence-electron chi connectivity index (χ0n) is 10.8. The summed E-state index contributed by atoms with van der Waals surface area (Å²) < 4.78 is 0. The molecule has 0 fully saturated rings. The summed E-state index contributed by atoms with van der Waals surface area (Å²) in [6, 6.07) is 13.1. The van der Waals surface area contributed by atoms with Gasteiger partial charge in [0.15, 0.2) is 0 Å². The predicted octanol–water partition coefficient (Wildman–Crippen LogP) is 2.45. The standard InChI is InChI=1S/C15H10N4O2/c16-7-9-4-5-11(6-10(9)8-17)19-13-3-1-2-12(14(13)18)15(20)21/h1-6,19H,18H2,(H,20,21). The first-order chi connectivity index (χ1) is 10.1. The van der Waals surface area contributed by atoms with Crippen molar-refractivity contribution < 1.29 is 9.90 Å². The third kappa shape index (κ3) is 2.75. The molecule has 0 amide bonds. The maximum Gasteiger partial charge on any atom is 0.337 e. The van der Waals surface area contributed by atoms with E-state index in [1.165, 1.54) is 18.2 Å². The molecule has 4 N–H and O–H groups in total. The summed E-state index contributed by atoms with van der Waals surface area (Å²) in [7, 11) is 0. The Morgan fingerprint density at radius 1 is 1.14 bits per heavy atom. The third-order valence-electron chi connectivity index (χ3n) is 2.88. The predicted molar refractivity (Wildman–Crippen MR) is 77.0 cm³/mol. The lowest BCUT2D eigenvalue weighted by Gasteiger charge is -2.11. The van der Waals surface area contributed by atoms with Gasteiger partial charge in [-0.2, -0.15) is 10.5 Å². The molecule has 2 rings (SSSR count). The Kier molecular flexibility index (Phi) is 3.74. The van der Waals surface area contributed by atoms with E-state index in [2.05, 4.69) is 5.32 Å². The molecule has 6 heteroatoms. The largest absolute Gasteiger partial charge is 0.478 e. The average Bonchev–Trinajstić information content (AvgIpc) is 2.48. The van der Waals surface area contributed by atoms with Crippen LogP contribution in [-0.2, 0) is 0 Å². The van der Waals surface area contributed by atoms with E-state index >= 15 is 0 Å². The number of nitrogens with two attached hydrogens (primary N) is 1. The summed E-state index contributed by atoms with van der Waals surface area (Å²) in [5.74, 6) is -1.12. The Balaban J connectivity index is 2.40. The van der Waals surface area contributed by atoms with Crippen molar-refractivity contribution in [1.29, 1.82) is 10.5 Å². The van der Waals surface area contributed by atoms with Crippen molar-refractivity contribution in [1.82, 2.24) is 0 Å². The van der Waals surface area contributed by atoms with Crippen molar-refractivity contribution >= 4 is 23.0 Å². The van der Waals surface area contributed by atoms with Gasteiger partial charge in [-0.05, 0) is 30.3 Å². The molecule has 0 aliphatic carbocycles. The van der Waals surface area contributed by atoms with Gasteiger partial charge < -0.3 is 16.2 Å². The van der Waals surface area contributed by atoms with Gasteiger partial charge in [-0.1, -0.05) is 6.07 Å². The van der Waals surface area contributed by atoms with Crippen LogP contribution < -0.4 is 11.1 Å². The molecule has 0 spiro atoms. The molecule has 2 aromatic carbocycles. The van der Waals surface area contributed by atoms with Crippen LogP contribution in [-0.4, -0.2) is 11.1 Å². The number of nitriles is 2. The minimum atomic E-state index is -1.12. The molecule has 0 heterocycles. The summed E-state index contributed by atoms with van der Waals surface area (Å²) in [4.78, 5) is 11.0. The average molecular weight is 278 g/mol. The van der Waals surface area contributed by atoms with E-state index < -0.39 is 5.97 Å². The van der Waals surface area contributed by atoms with Crippen LogP contribution in [0.2, 0.25) is 0 Å². The van der Waals surface area contributed by atoms with Crippen LogP contribution in [0.4, 0.5) is 17.1 Å². The molecule has 2 aromatic rings. The van der Waals surface area contributed by atoms with Gasteiger partial charge in [0.25, 0.3) is 0 Å². The molecule has 21 heavy (non-hydrogen) atoms. The highest BCUT2D eigenvalue weighted by atomic mass is 16.4. The highest BCUT2D eigenvalue weighted by Gasteiger charge is 2.11. The topological polar surface area (TPSA) is 123 Å². The fraction of sp³-hybridized carbons (Fsp3) is 0. The monoisotopic (exact) mass is 278 g/mol. The maximum atomic E-state index is 11.0. The summed E-state index contributed by atoms with van der Waals surface area (Å²) in [5, 5.41) is 29.8. The number of carboxylic acid groups (broad SMARTS) is 1. The van der Waals surface area contributed by atoms with Crippen LogP contribution in [0.15, 0.2) is 36.4 Å². The van der Waals surface area contributed by atoms with Gasteiger partial charge >= 0.3 is 5.97 Å². The molecule has 102 valence electrons. The zero-order valence-corrected chi connectivity index (χ0v) is 10.8.